The molecule has 2 aromatic rings. The second kappa shape index (κ2) is 9.37. The predicted octanol–water partition coefficient (Wildman–Crippen LogP) is 1.22. The number of carbonyl (C=O) groups excluding carboxylic acids is 1. The molecule has 0 aliphatic carbocycles. The van der Waals surface area contributed by atoms with Gasteiger partial charge in [0.05, 0.1) is 6.04 Å². The van der Waals surface area contributed by atoms with Gasteiger partial charge in [-0.1, -0.05) is 42.5 Å². The van der Waals surface area contributed by atoms with Crippen LogP contribution < -0.4 is 22.2 Å². The van der Waals surface area contributed by atoms with Crippen molar-refractivity contribution < 1.29 is 9.83 Å². The van der Waals surface area contributed by atoms with Gasteiger partial charge < -0.3 is 16.8 Å². The molecule has 2 aromatic carbocycles. The number of rotatable bonds is 9. The first-order chi connectivity index (χ1) is 12.9. The fourth-order valence-corrected chi connectivity index (χ4v) is 2.90. The third-order valence-corrected chi connectivity index (χ3v) is 4.17. The van der Waals surface area contributed by atoms with E-state index >= 15 is 0 Å². The van der Waals surface area contributed by atoms with E-state index in [0.29, 0.717) is 13.0 Å². The molecular formula is C18H24N6O3. The summed E-state index contributed by atoms with van der Waals surface area (Å²) in [6.07, 6.45) is 0.658. The molecule has 6 N–H and O–H groups in total. The Balaban J connectivity index is 2.08. The summed E-state index contributed by atoms with van der Waals surface area (Å²) in [5.41, 5.74) is 13.5. The van der Waals surface area contributed by atoms with Crippen LogP contribution >= 0.6 is 0 Å². The summed E-state index contributed by atoms with van der Waals surface area (Å²) in [6, 6.07) is 12.4. The molecule has 27 heavy (non-hydrogen) atoms. The SMILES string of the molecule is C[C@H](NC(=O)[C@H](CCCN=C(N)N)N[N+](=O)[O-])c1cccc2ccccc12. The van der Waals surface area contributed by atoms with Crippen LogP contribution in [0.25, 0.3) is 10.8 Å². The standard InChI is InChI=1S/C18H24N6O3/c1-12(14-9-4-7-13-6-2-3-8-15(13)14)22-17(25)16(23-24(26)27)10-5-11-21-18(19)20/h2-4,6-9,12,16,23H,5,10-11H2,1H3,(H,22,25)(H4,19,20,21)/t12-,16-/m0/s1. The van der Waals surface area contributed by atoms with Gasteiger partial charge in [0.1, 0.15) is 0 Å². The van der Waals surface area contributed by atoms with E-state index in [1.807, 2.05) is 49.4 Å². The maximum atomic E-state index is 12.6. The number of nitrogens with zero attached hydrogens (tertiary/aromatic N) is 2. The van der Waals surface area contributed by atoms with Crippen molar-refractivity contribution in [1.82, 2.24) is 10.7 Å². The molecule has 0 spiro atoms. The summed E-state index contributed by atoms with van der Waals surface area (Å²) in [6.45, 7) is 2.15. The zero-order chi connectivity index (χ0) is 19.8. The zero-order valence-electron chi connectivity index (χ0n) is 15.1. The van der Waals surface area contributed by atoms with Crippen LogP contribution in [0.15, 0.2) is 47.5 Å². The Morgan fingerprint density at radius 3 is 2.63 bits per heavy atom. The van der Waals surface area contributed by atoms with Crippen LogP contribution in [-0.4, -0.2) is 29.5 Å². The molecule has 0 unspecified atom stereocenters. The number of fused-ring (bicyclic) bond motifs is 1. The highest BCUT2D eigenvalue weighted by molar-refractivity contribution is 5.87. The van der Waals surface area contributed by atoms with Crippen molar-refractivity contribution in [2.24, 2.45) is 16.5 Å². The smallest absolute Gasteiger partial charge is 0.248 e. The molecule has 0 aromatic heterocycles. The average molecular weight is 372 g/mol. The average Bonchev–Trinajstić information content (AvgIpc) is 2.63. The van der Waals surface area contributed by atoms with E-state index in [4.69, 9.17) is 11.5 Å². The summed E-state index contributed by atoms with van der Waals surface area (Å²) < 4.78 is 0. The Hall–Kier alpha value is -3.36. The monoisotopic (exact) mass is 372 g/mol. The molecular weight excluding hydrogens is 348 g/mol. The Kier molecular flexibility index (Phi) is 6.93. The van der Waals surface area contributed by atoms with E-state index in [1.165, 1.54) is 0 Å². The topological polar surface area (TPSA) is 149 Å². The summed E-state index contributed by atoms with van der Waals surface area (Å²) >= 11 is 0. The van der Waals surface area contributed by atoms with Crippen molar-refractivity contribution >= 4 is 22.6 Å². The number of carbonyl (C=O) groups is 1. The minimum Gasteiger partial charge on any atom is -0.370 e. The summed E-state index contributed by atoms with van der Waals surface area (Å²) in [5.74, 6) is -0.500. The van der Waals surface area contributed by atoms with Gasteiger partial charge in [0.25, 0.3) is 0 Å². The van der Waals surface area contributed by atoms with Gasteiger partial charge in [-0.3, -0.25) is 9.79 Å². The van der Waals surface area contributed by atoms with Crippen LogP contribution in [0, 0.1) is 10.1 Å². The number of nitrogens with two attached hydrogens (primary N) is 2. The second-order valence-corrected chi connectivity index (χ2v) is 6.19. The van der Waals surface area contributed by atoms with Gasteiger partial charge in [-0.25, -0.2) is 10.1 Å². The number of aliphatic imine (C=N–C) groups is 1. The lowest BCUT2D eigenvalue weighted by molar-refractivity contribution is -0.548. The van der Waals surface area contributed by atoms with Crippen LogP contribution in [0.2, 0.25) is 0 Å². The highest BCUT2D eigenvalue weighted by Crippen LogP contribution is 2.24. The molecule has 9 heteroatoms. The lowest BCUT2D eigenvalue weighted by Gasteiger charge is -2.20. The first kappa shape index (κ1) is 20.0. The zero-order valence-corrected chi connectivity index (χ0v) is 15.1. The van der Waals surface area contributed by atoms with Gasteiger partial charge in [-0.05, 0) is 36.1 Å². The second-order valence-electron chi connectivity index (χ2n) is 6.19. The van der Waals surface area contributed by atoms with E-state index in [-0.39, 0.29) is 18.4 Å². The number of nitro groups is 1. The number of benzene rings is 2. The minimum absolute atomic E-state index is 0.0529. The lowest BCUT2D eigenvalue weighted by atomic mass is 9.99. The molecule has 0 heterocycles. The van der Waals surface area contributed by atoms with E-state index in [0.717, 1.165) is 16.3 Å². The first-order valence-corrected chi connectivity index (χ1v) is 8.62. The van der Waals surface area contributed by atoms with Crippen LogP contribution in [0.1, 0.15) is 31.4 Å². The molecule has 0 aliphatic rings. The maximum Gasteiger partial charge on any atom is 0.248 e. The van der Waals surface area contributed by atoms with E-state index in [2.05, 4.69) is 15.7 Å². The van der Waals surface area contributed by atoms with Crippen LogP contribution in [0.5, 0.6) is 0 Å². The van der Waals surface area contributed by atoms with Crippen molar-refractivity contribution in [2.45, 2.75) is 31.8 Å². The summed E-state index contributed by atoms with van der Waals surface area (Å²) in [7, 11) is 0. The Morgan fingerprint density at radius 2 is 1.93 bits per heavy atom. The third kappa shape index (κ3) is 5.84. The molecule has 0 radical (unpaired) electrons. The molecule has 2 rings (SSSR count). The van der Waals surface area contributed by atoms with E-state index < -0.39 is 17.0 Å². The molecule has 1 amide bonds. The van der Waals surface area contributed by atoms with Crippen LogP contribution in [-0.2, 0) is 4.79 Å². The highest BCUT2D eigenvalue weighted by Gasteiger charge is 2.24. The van der Waals surface area contributed by atoms with E-state index in [1.54, 1.807) is 0 Å². The molecule has 0 fully saturated rings. The third-order valence-electron chi connectivity index (χ3n) is 4.17. The number of guanidine groups is 1. The largest absolute Gasteiger partial charge is 0.370 e. The van der Waals surface area contributed by atoms with Crippen molar-refractivity contribution in [3.8, 4) is 0 Å². The normalized spacial score (nSPS) is 12.8. The summed E-state index contributed by atoms with van der Waals surface area (Å²) in [4.78, 5) is 27.2. The van der Waals surface area contributed by atoms with Gasteiger partial charge in [-0.15, -0.1) is 5.43 Å². The van der Waals surface area contributed by atoms with Crippen molar-refractivity contribution in [3.05, 3.63) is 58.1 Å². The molecule has 0 saturated heterocycles. The molecule has 2 atom stereocenters. The van der Waals surface area contributed by atoms with E-state index in [9.17, 15) is 14.9 Å². The van der Waals surface area contributed by atoms with Crippen molar-refractivity contribution in [3.63, 3.8) is 0 Å². The molecule has 9 nitrogen and oxygen atoms in total. The Morgan fingerprint density at radius 1 is 1.22 bits per heavy atom. The van der Waals surface area contributed by atoms with Crippen LogP contribution in [0.4, 0.5) is 0 Å². The Labute approximate surface area is 156 Å². The van der Waals surface area contributed by atoms with Crippen molar-refractivity contribution in [1.29, 1.82) is 0 Å². The number of hydrazine groups is 1. The minimum atomic E-state index is -0.980. The Bertz CT molecular complexity index is 829. The number of nitrogens with one attached hydrogen (secondary N) is 2. The van der Waals surface area contributed by atoms with Gasteiger partial charge in [-0.2, -0.15) is 0 Å². The van der Waals surface area contributed by atoms with Crippen molar-refractivity contribution in [2.75, 3.05) is 6.54 Å². The van der Waals surface area contributed by atoms with Gasteiger partial charge in [0, 0.05) is 6.54 Å². The lowest BCUT2D eigenvalue weighted by Crippen LogP contribution is -2.47. The number of hydrogen-bond acceptors (Lipinski definition) is 4. The fourth-order valence-electron chi connectivity index (χ4n) is 2.90. The number of hydrogen-bond donors (Lipinski definition) is 4. The molecule has 0 aliphatic heterocycles. The van der Waals surface area contributed by atoms with Gasteiger partial charge in [0.15, 0.2) is 17.0 Å². The van der Waals surface area contributed by atoms with Gasteiger partial charge >= 0.3 is 0 Å². The van der Waals surface area contributed by atoms with Crippen LogP contribution in [0.3, 0.4) is 0 Å². The highest BCUT2D eigenvalue weighted by atomic mass is 16.7. The first-order valence-electron chi connectivity index (χ1n) is 8.62. The number of amides is 1. The van der Waals surface area contributed by atoms with Gasteiger partial charge in [0.2, 0.25) is 5.91 Å². The quantitative estimate of drug-likeness (QED) is 0.171. The summed E-state index contributed by atoms with van der Waals surface area (Å²) in [5, 5.41) is 15.1. The molecule has 0 saturated carbocycles. The maximum absolute atomic E-state index is 12.6. The predicted molar refractivity (Wildman–Crippen MR) is 104 cm³/mol. The molecule has 144 valence electrons. The fraction of sp³-hybridized carbons (Fsp3) is 0.333. The molecule has 0 bridgehead atoms.